The maximum absolute atomic E-state index is 11.3. The number of benzene rings is 1. The van der Waals surface area contributed by atoms with E-state index in [0.29, 0.717) is 0 Å². The van der Waals surface area contributed by atoms with Crippen LogP contribution in [0.15, 0.2) is 12.1 Å². The van der Waals surface area contributed by atoms with Crippen molar-refractivity contribution in [3.05, 3.63) is 27.7 Å². The molecule has 0 amide bonds. The van der Waals surface area contributed by atoms with Crippen LogP contribution in [0.25, 0.3) is 0 Å². The van der Waals surface area contributed by atoms with Gasteiger partial charge in [-0.1, -0.05) is 23.2 Å². The van der Waals surface area contributed by atoms with E-state index >= 15 is 0 Å². The fourth-order valence-electron chi connectivity index (χ4n) is 1.34. The van der Waals surface area contributed by atoms with Gasteiger partial charge in [0, 0.05) is 10.6 Å². The summed E-state index contributed by atoms with van der Waals surface area (Å²) in [4.78, 5) is 11.3. The molecule has 0 radical (unpaired) electrons. The molecule has 0 aliphatic carbocycles. The van der Waals surface area contributed by atoms with Crippen molar-refractivity contribution in [2.24, 2.45) is 0 Å². The lowest BCUT2D eigenvalue weighted by atomic mass is 10.0. The van der Waals surface area contributed by atoms with Crippen LogP contribution in [0.2, 0.25) is 10.0 Å². The Bertz CT molecular complexity index is 449. The van der Waals surface area contributed by atoms with E-state index in [1.807, 2.05) is 0 Å². The van der Waals surface area contributed by atoms with E-state index in [4.69, 9.17) is 23.2 Å². The van der Waals surface area contributed by atoms with Crippen LogP contribution in [0.3, 0.4) is 0 Å². The second-order valence-electron chi connectivity index (χ2n) is 3.47. The lowest BCUT2D eigenvalue weighted by Gasteiger charge is -2.18. The van der Waals surface area contributed by atoms with Crippen LogP contribution < -0.4 is 0 Å². The zero-order valence-corrected chi connectivity index (χ0v) is 10.9. The number of esters is 1. The number of hydrogen-bond donors (Lipinski definition) is 3. The molecule has 0 heterocycles. The molecule has 5 nitrogen and oxygen atoms in total. The van der Waals surface area contributed by atoms with Crippen molar-refractivity contribution in [1.29, 1.82) is 0 Å². The fraction of sp³-hybridized carbons (Fsp3) is 0.364. The molecule has 0 saturated carbocycles. The van der Waals surface area contributed by atoms with Crippen LogP contribution in [0.1, 0.15) is 18.6 Å². The maximum Gasteiger partial charge on any atom is 0.338 e. The molecule has 2 unspecified atom stereocenters. The second-order valence-corrected chi connectivity index (χ2v) is 4.31. The predicted octanol–water partition coefficient (Wildman–Crippen LogP) is 1.66. The Morgan fingerprint density at radius 2 is 2.00 bits per heavy atom. The molecule has 100 valence electrons. The van der Waals surface area contributed by atoms with Gasteiger partial charge in [-0.3, -0.25) is 0 Å². The van der Waals surface area contributed by atoms with Gasteiger partial charge >= 0.3 is 5.97 Å². The summed E-state index contributed by atoms with van der Waals surface area (Å²) in [5, 5.41) is 29.0. The Labute approximate surface area is 114 Å². The zero-order chi connectivity index (χ0) is 13.9. The molecule has 0 aliphatic heterocycles. The Kier molecular flexibility index (Phi) is 5.22. The van der Waals surface area contributed by atoms with Crippen LogP contribution in [0, 0.1) is 0 Å². The van der Waals surface area contributed by atoms with Crippen LogP contribution in [-0.2, 0) is 9.53 Å². The van der Waals surface area contributed by atoms with E-state index in [1.54, 1.807) is 6.92 Å². The van der Waals surface area contributed by atoms with Crippen LogP contribution in [0.4, 0.5) is 0 Å². The van der Waals surface area contributed by atoms with Gasteiger partial charge in [-0.2, -0.15) is 0 Å². The van der Waals surface area contributed by atoms with E-state index in [2.05, 4.69) is 4.74 Å². The average Bonchev–Trinajstić information content (AvgIpc) is 2.32. The molecule has 1 aromatic rings. The minimum atomic E-state index is -1.83. The first-order valence-electron chi connectivity index (χ1n) is 5.09. The number of phenols is 1. The third kappa shape index (κ3) is 3.26. The molecule has 18 heavy (non-hydrogen) atoms. The Morgan fingerprint density at radius 3 is 2.56 bits per heavy atom. The van der Waals surface area contributed by atoms with E-state index in [9.17, 15) is 20.1 Å². The third-order valence-corrected chi connectivity index (χ3v) is 2.71. The molecular formula is C11H12Cl2O5. The molecule has 3 N–H and O–H groups in total. The van der Waals surface area contributed by atoms with Crippen molar-refractivity contribution in [3.63, 3.8) is 0 Å². The smallest absolute Gasteiger partial charge is 0.338 e. The lowest BCUT2D eigenvalue weighted by Crippen LogP contribution is -2.30. The van der Waals surface area contributed by atoms with Crippen LogP contribution in [0.5, 0.6) is 5.75 Å². The zero-order valence-electron chi connectivity index (χ0n) is 9.43. The molecule has 1 rings (SSSR count). The summed E-state index contributed by atoms with van der Waals surface area (Å²) in [6.45, 7) is 1.62. The predicted molar refractivity (Wildman–Crippen MR) is 65.7 cm³/mol. The number of carbonyl (C=O) groups is 1. The van der Waals surface area contributed by atoms with Gasteiger partial charge in [0.2, 0.25) is 0 Å². The first-order valence-corrected chi connectivity index (χ1v) is 5.84. The number of rotatable bonds is 4. The Balaban J connectivity index is 3.03. The first-order chi connectivity index (χ1) is 8.38. The van der Waals surface area contributed by atoms with Gasteiger partial charge in [0.25, 0.3) is 0 Å². The molecule has 7 heteroatoms. The average molecular weight is 295 g/mol. The van der Waals surface area contributed by atoms with Crippen LogP contribution in [-0.4, -0.2) is 34.0 Å². The summed E-state index contributed by atoms with van der Waals surface area (Å²) in [5.41, 5.74) is -0.145. The monoisotopic (exact) mass is 294 g/mol. The number of hydrogen-bond acceptors (Lipinski definition) is 5. The summed E-state index contributed by atoms with van der Waals surface area (Å²) >= 11 is 11.4. The van der Waals surface area contributed by atoms with E-state index in [0.717, 1.165) is 0 Å². The van der Waals surface area contributed by atoms with Crippen molar-refractivity contribution < 1.29 is 24.9 Å². The van der Waals surface area contributed by atoms with E-state index in [1.165, 1.54) is 12.1 Å². The van der Waals surface area contributed by atoms with Gasteiger partial charge < -0.3 is 20.1 Å². The molecule has 0 aromatic heterocycles. The quantitative estimate of drug-likeness (QED) is 0.735. The largest absolute Gasteiger partial charge is 0.506 e. The fourth-order valence-corrected chi connectivity index (χ4v) is 1.85. The molecule has 0 saturated heterocycles. The highest BCUT2D eigenvalue weighted by atomic mass is 35.5. The number of halogens is 2. The highest BCUT2D eigenvalue weighted by Crippen LogP contribution is 2.36. The number of aliphatic hydroxyl groups is 2. The standard InChI is InChI=1S/C11H12Cl2O5/c1-2-18-11(17)10(16)9(15)6-3-5(12)4-7(13)8(6)14/h3-4,9-10,14-16H,2H2,1H3. The van der Waals surface area contributed by atoms with Crippen molar-refractivity contribution in [3.8, 4) is 5.75 Å². The van der Waals surface area contributed by atoms with Gasteiger partial charge in [0.15, 0.2) is 6.10 Å². The van der Waals surface area contributed by atoms with E-state index < -0.39 is 23.9 Å². The molecular weight excluding hydrogens is 283 g/mol. The van der Waals surface area contributed by atoms with Gasteiger partial charge in [-0.05, 0) is 19.1 Å². The SMILES string of the molecule is CCOC(=O)C(O)C(O)c1cc(Cl)cc(Cl)c1O. The maximum atomic E-state index is 11.3. The Morgan fingerprint density at radius 1 is 1.39 bits per heavy atom. The summed E-state index contributed by atoms with van der Waals surface area (Å²) in [5.74, 6) is -1.45. The van der Waals surface area contributed by atoms with E-state index in [-0.39, 0.29) is 22.2 Å². The highest BCUT2D eigenvalue weighted by molar-refractivity contribution is 6.35. The molecule has 2 atom stereocenters. The van der Waals surface area contributed by atoms with Crippen molar-refractivity contribution >= 4 is 29.2 Å². The lowest BCUT2D eigenvalue weighted by molar-refractivity contribution is -0.159. The van der Waals surface area contributed by atoms with Crippen molar-refractivity contribution in [2.45, 2.75) is 19.1 Å². The molecule has 0 fully saturated rings. The van der Waals surface area contributed by atoms with Crippen molar-refractivity contribution in [1.82, 2.24) is 0 Å². The number of aliphatic hydroxyl groups excluding tert-OH is 2. The second kappa shape index (κ2) is 6.24. The minimum absolute atomic E-state index is 0.0604. The highest BCUT2D eigenvalue weighted by Gasteiger charge is 2.29. The minimum Gasteiger partial charge on any atom is -0.506 e. The Hall–Kier alpha value is -1.01. The molecule has 0 aliphatic rings. The number of ether oxygens (including phenoxy) is 1. The summed E-state index contributed by atoms with van der Waals surface area (Å²) in [6.07, 6.45) is -3.51. The molecule has 0 bridgehead atoms. The molecule has 1 aromatic carbocycles. The third-order valence-electron chi connectivity index (χ3n) is 2.20. The van der Waals surface area contributed by atoms with Gasteiger partial charge in [0.05, 0.1) is 11.6 Å². The molecule has 0 spiro atoms. The summed E-state index contributed by atoms with van der Waals surface area (Å²) in [7, 11) is 0. The normalized spacial score (nSPS) is 14.1. The van der Waals surface area contributed by atoms with Crippen molar-refractivity contribution in [2.75, 3.05) is 6.61 Å². The van der Waals surface area contributed by atoms with Crippen LogP contribution >= 0.6 is 23.2 Å². The summed E-state index contributed by atoms with van der Waals surface area (Å²) < 4.78 is 4.55. The first kappa shape index (κ1) is 15.0. The topological polar surface area (TPSA) is 87.0 Å². The van der Waals surface area contributed by atoms with Gasteiger partial charge in [0.1, 0.15) is 11.9 Å². The summed E-state index contributed by atoms with van der Waals surface area (Å²) in [6, 6.07) is 2.47. The van der Waals surface area contributed by atoms with Gasteiger partial charge in [-0.25, -0.2) is 4.79 Å². The number of carbonyl (C=O) groups excluding carboxylic acids is 1. The van der Waals surface area contributed by atoms with Gasteiger partial charge in [-0.15, -0.1) is 0 Å². The number of aromatic hydroxyl groups is 1. The number of phenolic OH excluding ortho intramolecular Hbond substituents is 1.